The summed E-state index contributed by atoms with van der Waals surface area (Å²) in [4.78, 5) is 13.2. The lowest BCUT2D eigenvalue weighted by molar-refractivity contribution is -0.164. The first kappa shape index (κ1) is 17.5. The lowest BCUT2D eigenvalue weighted by atomic mass is 9.83. The highest BCUT2D eigenvalue weighted by molar-refractivity contribution is 5.85. The van der Waals surface area contributed by atoms with E-state index in [9.17, 15) is 4.79 Å². The van der Waals surface area contributed by atoms with E-state index in [4.69, 9.17) is 4.74 Å². The fourth-order valence-corrected chi connectivity index (χ4v) is 3.77. The maximum absolute atomic E-state index is 13.2. The summed E-state index contributed by atoms with van der Waals surface area (Å²) in [7, 11) is 0. The van der Waals surface area contributed by atoms with Gasteiger partial charge in [-0.25, -0.2) is 0 Å². The van der Waals surface area contributed by atoms with Crippen LogP contribution in [-0.2, 0) is 15.1 Å². The minimum Gasteiger partial charge on any atom is -0.444 e. The molecular weight excluding hydrogens is 332 g/mol. The zero-order valence-corrected chi connectivity index (χ0v) is 16.0. The highest BCUT2D eigenvalue weighted by Crippen LogP contribution is 2.53. The predicted molar refractivity (Wildman–Crippen MR) is 108 cm³/mol. The summed E-state index contributed by atoms with van der Waals surface area (Å²) >= 11 is 0. The molecule has 0 saturated heterocycles. The first-order valence-corrected chi connectivity index (χ1v) is 9.49. The standard InChI is InChI=1S/C25H24O2/c1-4-24(2,3)23(26)27-25(18-12-6-5-7-13-18)21-16-10-8-14-19(21)20-15-9-11-17-22(20)25/h5-17H,4H2,1-3H3. The van der Waals surface area contributed by atoms with E-state index in [1.807, 2.05) is 75.4 Å². The lowest BCUT2D eigenvalue weighted by Crippen LogP contribution is -2.38. The fraction of sp³-hybridized carbons (Fsp3) is 0.240. The molecule has 136 valence electrons. The highest BCUT2D eigenvalue weighted by atomic mass is 16.6. The summed E-state index contributed by atoms with van der Waals surface area (Å²) in [5, 5.41) is 0. The van der Waals surface area contributed by atoms with Crippen LogP contribution >= 0.6 is 0 Å². The van der Waals surface area contributed by atoms with E-state index in [0.717, 1.165) is 34.2 Å². The summed E-state index contributed by atoms with van der Waals surface area (Å²) in [6, 6.07) is 26.6. The van der Waals surface area contributed by atoms with E-state index >= 15 is 0 Å². The van der Waals surface area contributed by atoms with Crippen LogP contribution in [0, 0.1) is 5.41 Å². The molecule has 0 spiro atoms. The molecule has 0 aliphatic heterocycles. The normalized spacial score (nSPS) is 14.3. The van der Waals surface area contributed by atoms with Crippen molar-refractivity contribution in [2.75, 3.05) is 0 Å². The molecule has 2 nitrogen and oxygen atoms in total. The second-order valence-corrected chi connectivity index (χ2v) is 7.77. The quantitative estimate of drug-likeness (QED) is 0.541. The van der Waals surface area contributed by atoms with Crippen LogP contribution in [0.2, 0.25) is 0 Å². The minimum absolute atomic E-state index is 0.180. The van der Waals surface area contributed by atoms with Crippen LogP contribution in [0.1, 0.15) is 43.9 Å². The van der Waals surface area contributed by atoms with Gasteiger partial charge in [-0.05, 0) is 31.4 Å². The Bertz CT molecular complexity index is 940. The summed E-state index contributed by atoms with van der Waals surface area (Å²) in [6.07, 6.45) is 0.722. The van der Waals surface area contributed by atoms with E-state index < -0.39 is 11.0 Å². The zero-order valence-electron chi connectivity index (χ0n) is 16.0. The number of rotatable bonds is 4. The number of benzene rings is 3. The summed E-state index contributed by atoms with van der Waals surface area (Å²) in [5.41, 5.74) is 3.81. The van der Waals surface area contributed by atoms with Gasteiger partial charge >= 0.3 is 5.97 Å². The van der Waals surface area contributed by atoms with Gasteiger partial charge in [0.15, 0.2) is 5.60 Å². The Balaban J connectivity index is 2.02. The molecular formula is C25H24O2. The molecule has 27 heavy (non-hydrogen) atoms. The van der Waals surface area contributed by atoms with Gasteiger partial charge in [0.25, 0.3) is 0 Å². The molecule has 0 unspecified atom stereocenters. The second-order valence-electron chi connectivity index (χ2n) is 7.77. The molecule has 4 rings (SSSR count). The Morgan fingerprint density at radius 2 is 1.30 bits per heavy atom. The van der Waals surface area contributed by atoms with E-state index in [0.29, 0.717) is 0 Å². The van der Waals surface area contributed by atoms with Crippen molar-refractivity contribution in [1.82, 2.24) is 0 Å². The van der Waals surface area contributed by atoms with Gasteiger partial charge in [0.05, 0.1) is 5.41 Å². The molecule has 3 aromatic rings. The smallest absolute Gasteiger partial charge is 0.313 e. The number of fused-ring (bicyclic) bond motifs is 3. The number of carbonyl (C=O) groups excluding carboxylic acids is 1. The largest absolute Gasteiger partial charge is 0.444 e. The van der Waals surface area contributed by atoms with Gasteiger partial charge in [-0.2, -0.15) is 0 Å². The molecule has 3 aromatic carbocycles. The molecule has 0 heterocycles. The molecule has 0 radical (unpaired) electrons. The Labute approximate surface area is 160 Å². The first-order chi connectivity index (χ1) is 13.0. The van der Waals surface area contributed by atoms with Crippen molar-refractivity contribution >= 4 is 5.97 Å². The van der Waals surface area contributed by atoms with Gasteiger partial charge in [-0.3, -0.25) is 4.79 Å². The number of esters is 1. The molecule has 0 N–H and O–H groups in total. The van der Waals surface area contributed by atoms with E-state index in [2.05, 4.69) is 24.3 Å². The zero-order chi connectivity index (χ0) is 19.1. The van der Waals surface area contributed by atoms with Crippen LogP contribution in [0.4, 0.5) is 0 Å². The number of ether oxygens (including phenoxy) is 1. The molecule has 1 aliphatic carbocycles. The molecule has 0 aromatic heterocycles. The van der Waals surface area contributed by atoms with Crippen molar-refractivity contribution in [3.63, 3.8) is 0 Å². The third kappa shape index (κ3) is 2.59. The van der Waals surface area contributed by atoms with Crippen molar-refractivity contribution in [3.8, 4) is 11.1 Å². The van der Waals surface area contributed by atoms with Crippen molar-refractivity contribution in [2.24, 2.45) is 5.41 Å². The summed E-state index contributed by atoms with van der Waals surface area (Å²) < 4.78 is 6.45. The minimum atomic E-state index is -0.919. The third-order valence-corrected chi connectivity index (χ3v) is 5.77. The SMILES string of the molecule is CCC(C)(C)C(=O)OC1(c2ccccc2)c2ccccc2-c2ccccc21. The highest BCUT2D eigenvalue weighted by Gasteiger charge is 2.49. The van der Waals surface area contributed by atoms with Gasteiger partial charge in [-0.1, -0.05) is 85.8 Å². The molecule has 0 bridgehead atoms. The van der Waals surface area contributed by atoms with E-state index in [1.165, 1.54) is 0 Å². The Morgan fingerprint density at radius 3 is 1.81 bits per heavy atom. The molecule has 0 amide bonds. The van der Waals surface area contributed by atoms with Crippen molar-refractivity contribution in [2.45, 2.75) is 32.8 Å². The van der Waals surface area contributed by atoms with E-state index in [-0.39, 0.29) is 5.97 Å². The molecule has 2 heteroatoms. The van der Waals surface area contributed by atoms with Gasteiger partial charge < -0.3 is 4.74 Å². The summed E-state index contributed by atoms with van der Waals surface area (Å²) in [5.74, 6) is -0.180. The molecule has 0 saturated carbocycles. The van der Waals surface area contributed by atoms with Crippen LogP contribution in [0.25, 0.3) is 11.1 Å². The van der Waals surface area contributed by atoms with Crippen LogP contribution < -0.4 is 0 Å². The van der Waals surface area contributed by atoms with Crippen LogP contribution in [0.3, 0.4) is 0 Å². The van der Waals surface area contributed by atoms with Gasteiger partial charge in [0.1, 0.15) is 0 Å². The number of hydrogen-bond donors (Lipinski definition) is 0. The topological polar surface area (TPSA) is 26.3 Å². The van der Waals surface area contributed by atoms with Crippen LogP contribution in [0.5, 0.6) is 0 Å². The Kier molecular flexibility index (Phi) is 4.15. The molecule has 0 atom stereocenters. The van der Waals surface area contributed by atoms with Crippen LogP contribution in [-0.4, -0.2) is 5.97 Å². The predicted octanol–water partition coefficient (Wildman–Crippen LogP) is 5.94. The van der Waals surface area contributed by atoms with Gasteiger partial charge in [0.2, 0.25) is 0 Å². The molecule has 0 fully saturated rings. The second kappa shape index (κ2) is 6.38. The van der Waals surface area contributed by atoms with Gasteiger partial charge in [0, 0.05) is 16.7 Å². The third-order valence-electron chi connectivity index (χ3n) is 5.77. The lowest BCUT2D eigenvalue weighted by Gasteiger charge is -2.35. The van der Waals surface area contributed by atoms with Gasteiger partial charge in [-0.15, -0.1) is 0 Å². The van der Waals surface area contributed by atoms with Crippen molar-refractivity contribution < 1.29 is 9.53 Å². The monoisotopic (exact) mass is 356 g/mol. The fourth-order valence-electron chi connectivity index (χ4n) is 3.77. The maximum Gasteiger partial charge on any atom is 0.313 e. The Morgan fingerprint density at radius 1 is 0.815 bits per heavy atom. The van der Waals surface area contributed by atoms with E-state index in [1.54, 1.807) is 0 Å². The van der Waals surface area contributed by atoms with Crippen molar-refractivity contribution in [3.05, 3.63) is 95.6 Å². The van der Waals surface area contributed by atoms with Crippen molar-refractivity contribution in [1.29, 1.82) is 0 Å². The maximum atomic E-state index is 13.2. The Hall–Kier alpha value is -2.87. The number of carbonyl (C=O) groups is 1. The average molecular weight is 356 g/mol. The summed E-state index contributed by atoms with van der Waals surface area (Å²) in [6.45, 7) is 5.91. The first-order valence-electron chi connectivity index (χ1n) is 9.49. The average Bonchev–Trinajstić information content (AvgIpc) is 3.00. The molecule has 1 aliphatic rings. The number of hydrogen-bond acceptors (Lipinski definition) is 2. The van der Waals surface area contributed by atoms with Crippen LogP contribution in [0.15, 0.2) is 78.9 Å².